The summed E-state index contributed by atoms with van der Waals surface area (Å²) in [6, 6.07) is 0.400. The molecule has 94 valence electrons. The second kappa shape index (κ2) is 6.21. The maximum Gasteiger partial charge on any atom is 0.310 e. The van der Waals surface area contributed by atoms with Gasteiger partial charge in [0.25, 0.3) is 0 Å². The van der Waals surface area contributed by atoms with Crippen LogP contribution in [0.5, 0.6) is 0 Å². The van der Waals surface area contributed by atoms with Gasteiger partial charge in [0.1, 0.15) is 0 Å². The van der Waals surface area contributed by atoms with Gasteiger partial charge >= 0.3 is 5.97 Å². The van der Waals surface area contributed by atoms with Crippen molar-refractivity contribution in [1.82, 2.24) is 10.2 Å². The summed E-state index contributed by atoms with van der Waals surface area (Å²) in [5.41, 5.74) is 0. The predicted octanol–water partition coefficient (Wildman–Crippen LogP) is 0.725. The fraction of sp³-hybridized carbons (Fsp3) is 0.917. The third-order valence-electron chi connectivity index (χ3n) is 3.09. The van der Waals surface area contributed by atoms with Crippen molar-refractivity contribution in [3.05, 3.63) is 0 Å². The highest BCUT2D eigenvalue weighted by atomic mass is 16.5. The first kappa shape index (κ1) is 13.5. The van der Waals surface area contributed by atoms with Crippen LogP contribution in [-0.4, -0.2) is 50.7 Å². The Balaban J connectivity index is 2.57. The summed E-state index contributed by atoms with van der Waals surface area (Å²) in [5.74, 6) is 0.581. The van der Waals surface area contributed by atoms with Gasteiger partial charge in [-0.15, -0.1) is 0 Å². The summed E-state index contributed by atoms with van der Waals surface area (Å²) in [5, 5.41) is 3.27. The van der Waals surface area contributed by atoms with Crippen molar-refractivity contribution < 1.29 is 9.53 Å². The molecule has 0 aromatic carbocycles. The Bertz CT molecular complexity index is 231. The second-order valence-corrected chi connectivity index (χ2v) is 5.05. The van der Waals surface area contributed by atoms with Crippen LogP contribution in [0.25, 0.3) is 0 Å². The lowest BCUT2D eigenvalue weighted by atomic mass is 9.93. The summed E-state index contributed by atoms with van der Waals surface area (Å²) in [7, 11) is 3.43. The lowest BCUT2D eigenvalue weighted by Crippen LogP contribution is -2.51. The minimum Gasteiger partial charge on any atom is -0.469 e. The van der Waals surface area contributed by atoms with Gasteiger partial charge in [-0.25, -0.2) is 0 Å². The normalized spacial score (nSPS) is 27.1. The summed E-state index contributed by atoms with van der Waals surface area (Å²) in [6.07, 6.45) is 0.887. The second-order valence-electron chi connectivity index (χ2n) is 5.05. The molecule has 0 aromatic heterocycles. The molecule has 0 spiro atoms. The number of likely N-dealkylation sites (N-methyl/N-ethyl adjacent to an activating group) is 1. The lowest BCUT2D eigenvalue weighted by Gasteiger charge is -2.37. The average Bonchev–Trinajstić information content (AvgIpc) is 2.26. The number of rotatable bonds is 4. The van der Waals surface area contributed by atoms with Gasteiger partial charge in [-0.05, 0) is 19.4 Å². The average molecular weight is 228 g/mol. The molecule has 0 radical (unpaired) electrons. The Morgan fingerprint density at radius 3 is 2.69 bits per heavy atom. The maximum atomic E-state index is 11.6. The summed E-state index contributed by atoms with van der Waals surface area (Å²) < 4.78 is 4.84. The summed E-state index contributed by atoms with van der Waals surface area (Å²) >= 11 is 0. The number of likely N-dealkylation sites (tertiary alicyclic amines) is 1. The van der Waals surface area contributed by atoms with E-state index in [4.69, 9.17) is 4.74 Å². The number of nitrogens with one attached hydrogen (secondary N) is 1. The molecule has 1 aliphatic heterocycles. The van der Waals surface area contributed by atoms with E-state index in [1.54, 1.807) is 0 Å². The van der Waals surface area contributed by atoms with Gasteiger partial charge in [0, 0.05) is 25.7 Å². The number of carbonyl (C=O) groups is 1. The van der Waals surface area contributed by atoms with Crippen LogP contribution in [-0.2, 0) is 9.53 Å². The van der Waals surface area contributed by atoms with Crippen molar-refractivity contribution in [3.8, 4) is 0 Å². The smallest absolute Gasteiger partial charge is 0.310 e. The van der Waals surface area contributed by atoms with E-state index in [9.17, 15) is 4.79 Å². The largest absolute Gasteiger partial charge is 0.469 e. The highest BCUT2D eigenvalue weighted by Gasteiger charge is 2.31. The van der Waals surface area contributed by atoms with Gasteiger partial charge in [-0.3, -0.25) is 4.79 Å². The fourth-order valence-corrected chi connectivity index (χ4v) is 2.40. The molecule has 0 saturated carbocycles. The number of hydrogen-bond acceptors (Lipinski definition) is 4. The molecule has 1 saturated heterocycles. The zero-order chi connectivity index (χ0) is 12.1. The molecule has 0 aliphatic carbocycles. The quantitative estimate of drug-likeness (QED) is 0.720. The van der Waals surface area contributed by atoms with Crippen LogP contribution in [0.4, 0.5) is 0 Å². The topological polar surface area (TPSA) is 41.6 Å². The van der Waals surface area contributed by atoms with E-state index in [-0.39, 0.29) is 11.9 Å². The van der Waals surface area contributed by atoms with E-state index in [1.807, 2.05) is 7.05 Å². The monoisotopic (exact) mass is 228 g/mol. The van der Waals surface area contributed by atoms with Gasteiger partial charge in [-0.1, -0.05) is 13.8 Å². The zero-order valence-electron chi connectivity index (χ0n) is 10.8. The van der Waals surface area contributed by atoms with E-state index in [2.05, 4.69) is 24.1 Å². The molecule has 4 nitrogen and oxygen atoms in total. The maximum absolute atomic E-state index is 11.6. The molecule has 1 aliphatic rings. The first-order valence-corrected chi connectivity index (χ1v) is 6.04. The highest BCUT2D eigenvalue weighted by molar-refractivity contribution is 5.72. The molecule has 2 unspecified atom stereocenters. The molecule has 0 aromatic rings. The molecule has 16 heavy (non-hydrogen) atoms. The number of esters is 1. The van der Waals surface area contributed by atoms with E-state index in [1.165, 1.54) is 7.11 Å². The van der Waals surface area contributed by atoms with Crippen molar-refractivity contribution in [2.24, 2.45) is 11.8 Å². The van der Waals surface area contributed by atoms with Gasteiger partial charge in [0.2, 0.25) is 0 Å². The summed E-state index contributed by atoms with van der Waals surface area (Å²) in [6.45, 7) is 7.32. The standard InChI is InChI=1S/C12H24N2O2/c1-9(2)6-14-7-10(12(15)16-4)5-11(8-14)13-3/h9-11,13H,5-8H2,1-4H3. The Labute approximate surface area is 98.3 Å². The number of hydrogen-bond donors (Lipinski definition) is 1. The first-order valence-electron chi connectivity index (χ1n) is 6.04. The summed E-state index contributed by atoms with van der Waals surface area (Å²) in [4.78, 5) is 13.9. The third kappa shape index (κ3) is 3.76. The molecule has 1 rings (SSSR count). The highest BCUT2D eigenvalue weighted by Crippen LogP contribution is 2.19. The van der Waals surface area contributed by atoms with Gasteiger partial charge in [0.05, 0.1) is 13.0 Å². The number of methoxy groups -OCH3 is 1. The Morgan fingerprint density at radius 1 is 1.50 bits per heavy atom. The SMILES string of the molecule is CNC1CC(C(=O)OC)CN(CC(C)C)C1. The first-order chi connectivity index (χ1) is 7.56. The number of piperidine rings is 1. The Hall–Kier alpha value is -0.610. The molecule has 2 atom stereocenters. The van der Waals surface area contributed by atoms with Crippen LogP contribution in [0.3, 0.4) is 0 Å². The van der Waals surface area contributed by atoms with Crippen LogP contribution in [0.15, 0.2) is 0 Å². The molecule has 1 N–H and O–H groups in total. The minimum atomic E-state index is -0.0753. The number of ether oxygens (including phenoxy) is 1. The Kier molecular flexibility index (Phi) is 5.22. The molecular weight excluding hydrogens is 204 g/mol. The molecule has 0 bridgehead atoms. The minimum absolute atomic E-state index is 0.0231. The lowest BCUT2D eigenvalue weighted by molar-refractivity contribution is -0.147. The van der Waals surface area contributed by atoms with E-state index >= 15 is 0 Å². The van der Waals surface area contributed by atoms with Crippen molar-refractivity contribution in [3.63, 3.8) is 0 Å². The molecule has 1 heterocycles. The fourth-order valence-electron chi connectivity index (χ4n) is 2.40. The van der Waals surface area contributed by atoms with Crippen molar-refractivity contribution in [1.29, 1.82) is 0 Å². The van der Waals surface area contributed by atoms with E-state index in [0.717, 1.165) is 26.1 Å². The Morgan fingerprint density at radius 2 is 2.19 bits per heavy atom. The number of nitrogens with zero attached hydrogens (tertiary/aromatic N) is 1. The van der Waals surface area contributed by atoms with Crippen LogP contribution in [0.2, 0.25) is 0 Å². The molecule has 4 heteroatoms. The predicted molar refractivity (Wildman–Crippen MR) is 64.2 cm³/mol. The molecule has 0 amide bonds. The van der Waals surface area contributed by atoms with Gasteiger partial charge in [-0.2, -0.15) is 0 Å². The van der Waals surface area contributed by atoms with E-state index in [0.29, 0.717) is 12.0 Å². The van der Waals surface area contributed by atoms with Crippen molar-refractivity contribution in [2.45, 2.75) is 26.3 Å². The van der Waals surface area contributed by atoms with Gasteiger partial charge < -0.3 is 15.0 Å². The van der Waals surface area contributed by atoms with E-state index < -0.39 is 0 Å². The van der Waals surface area contributed by atoms with Crippen molar-refractivity contribution >= 4 is 5.97 Å². The van der Waals surface area contributed by atoms with Crippen LogP contribution in [0.1, 0.15) is 20.3 Å². The number of carbonyl (C=O) groups excluding carboxylic acids is 1. The molecule has 1 fully saturated rings. The van der Waals surface area contributed by atoms with Crippen LogP contribution >= 0.6 is 0 Å². The zero-order valence-corrected chi connectivity index (χ0v) is 10.8. The van der Waals surface area contributed by atoms with Crippen molar-refractivity contribution in [2.75, 3.05) is 33.8 Å². The van der Waals surface area contributed by atoms with Crippen LogP contribution in [0, 0.1) is 11.8 Å². The third-order valence-corrected chi connectivity index (χ3v) is 3.09. The van der Waals surface area contributed by atoms with Gasteiger partial charge in [0.15, 0.2) is 0 Å². The molecular formula is C12H24N2O2. The van der Waals surface area contributed by atoms with Crippen LogP contribution < -0.4 is 5.32 Å².